The van der Waals surface area contributed by atoms with Crippen molar-refractivity contribution in [3.8, 4) is 11.5 Å². The lowest BCUT2D eigenvalue weighted by atomic mass is 10.2. The Labute approximate surface area is 106 Å². The van der Waals surface area contributed by atoms with E-state index < -0.39 is 0 Å². The van der Waals surface area contributed by atoms with Gasteiger partial charge in [0.1, 0.15) is 13.2 Å². The van der Waals surface area contributed by atoms with Crippen molar-refractivity contribution in [2.45, 2.75) is 19.8 Å². The number of para-hydroxylation sites is 1. The predicted molar refractivity (Wildman–Crippen MR) is 69.4 cm³/mol. The lowest BCUT2D eigenvalue weighted by molar-refractivity contribution is 0.172. The average Bonchev–Trinajstić information content (AvgIpc) is 2.39. The zero-order valence-corrected chi connectivity index (χ0v) is 10.5. The van der Waals surface area contributed by atoms with Crippen LogP contribution < -0.4 is 20.1 Å². The summed E-state index contributed by atoms with van der Waals surface area (Å²) in [6.07, 6.45) is 2.03. The van der Waals surface area contributed by atoms with E-state index in [2.05, 4.69) is 17.6 Å². The van der Waals surface area contributed by atoms with Crippen LogP contribution in [0.25, 0.3) is 0 Å². The molecule has 5 heteroatoms. The van der Waals surface area contributed by atoms with Crippen molar-refractivity contribution in [1.29, 1.82) is 0 Å². The maximum atomic E-state index is 11.7. The molecule has 1 heterocycles. The van der Waals surface area contributed by atoms with E-state index in [9.17, 15) is 4.79 Å². The monoisotopic (exact) mass is 250 g/mol. The molecule has 1 aliphatic heterocycles. The first-order valence-electron chi connectivity index (χ1n) is 6.24. The molecule has 2 rings (SSSR count). The topological polar surface area (TPSA) is 59.6 Å². The Bertz CT molecular complexity index is 421. The largest absolute Gasteiger partial charge is 0.486 e. The van der Waals surface area contributed by atoms with Crippen LogP contribution in [0, 0.1) is 0 Å². The first-order chi connectivity index (χ1) is 8.81. The molecule has 1 aromatic rings. The highest BCUT2D eigenvalue weighted by molar-refractivity contribution is 5.91. The number of carbonyl (C=O) groups is 1. The molecule has 1 aliphatic rings. The van der Waals surface area contributed by atoms with Gasteiger partial charge in [-0.1, -0.05) is 19.4 Å². The average molecular weight is 250 g/mol. The van der Waals surface area contributed by atoms with Gasteiger partial charge in [0.05, 0.1) is 5.69 Å². The number of benzene rings is 1. The summed E-state index contributed by atoms with van der Waals surface area (Å²) in [4.78, 5) is 11.7. The molecule has 18 heavy (non-hydrogen) atoms. The SMILES string of the molecule is CCCCNC(=O)Nc1cccc2c1OCCO2. The van der Waals surface area contributed by atoms with Gasteiger partial charge in [-0.2, -0.15) is 0 Å². The smallest absolute Gasteiger partial charge is 0.319 e. The van der Waals surface area contributed by atoms with E-state index in [1.54, 1.807) is 6.07 Å². The maximum Gasteiger partial charge on any atom is 0.319 e. The third-order valence-corrected chi connectivity index (χ3v) is 2.63. The van der Waals surface area contributed by atoms with Gasteiger partial charge >= 0.3 is 6.03 Å². The van der Waals surface area contributed by atoms with Gasteiger partial charge in [0.2, 0.25) is 0 Å². The summed E-state index contributed by atoms with van der Waals surface area (Å²) < 4.78 is 11.0. The molecule has 0 bridgehead atoms. The number of carbonyl (C=O) groups excluding carboxylic acids is 1. The minimum absolute atomic E-state index is 0.217. The van der Waals surface area contributed by atoms with E-state index in [1.165, 1.54) is 0 Å². The first-order valence-corrected chi connectivity index (χ1v) is 6.24. The Morgan fingerprint density at radius 3 is 3.00 bits per heavy atom. The molecule has 2 amide bonds. The van der Waals surface area contributed by atoms with Gasteiger partial charge < -0.3 is 20.1 Å². The quantitative estimate of drug-likeness (QED) is 0.806. The summed E-state index contributed by atoms with van der Waals surface area (Å²) in [5.74, 6) is 1.28. The van der Waals surface area contributed by atoms with Crippen molar-refractivity contribution in [3.05, 3.63) is 18.2 Å². The normalized spacial score (nSPS) is 12.9. The van der Waals surface area contributed by atoms with Crippen LogP contribution in [0.15, 0.2) is 18.2 Å². The molecular formula is C13H18N2O3. The van der Waals surface area contributed by atoms with E-state index in [1.807, 2.05) is 12.1 Å². The molecule has 0 atom stereocenters. The van der Waals surface area contributed by atoms with Gasteiger partial charge in [-0.05, 0) is 18.6 Å². The van der Waals surface area contributed by atoms with Crippen molar-refractivity contribution in [3.63, 3.8) is 0 Å². The Morgan fingerprint density at radius 1 is 1.33 bits per heavy atom. The molecule has 1 aromatic carbocycles. The minimum atomic E-state index is -0.217. The van der Waals surface area contributed by atoms with E-state index in [-0.39, 0.29) is 6.03 Å². The van der Waals surface area contributed by atoms with Crippen LogP contribution in [-0.4, -0.2) is 25.8 Å². The lowest BCUT2D eigenvalue weighted by Crippen LogP contribution is -2.30. The van der Waals surface area contributed by atoms with Gasteiger partial charge in [0, 0.05) is 6.54 Å². The van der Waals surface area contributed by atoms with Crippen LogP contribution in [0.5, 0.6) is 11.5 Å². The van der Waals surface area contributed by atoms with E-state index >= 15 is 0 Å². The number of hydrogen-bond acceptors (Lipinski definition) is 3. The Hall–Kier alpha value is -1.91. The highest BCUT2D eigenvalue weighted by Gasteiger charge is 2.16. The van der Waals surface area contributed by atoms with Crippen LogP contribution in [0.3, 0.4) is 0 Å². The van der Waals surface area contributed by atoms with Crippen molar-refractivity contribution in [2.24, 2.45) is 0 Å². The fourth-order valence-electron chi connectivity index (χ4n) is 1.72. The molecule has 0 saturated carbocycles. The van der Waals surface area contributed by atoms with Gasteiger partial charge in [-0.3, -0.25) is 0 Å². The summed E-state index contributed by atoms with van der Waals surface area (Å²) in [6.45, 7) is 3.80. The fraction of sp³-hybridized carbons (Fsp3) is 0.462. The summed E-state index contributed by atoms with van der Waals surface area (Å²) in [5, 5.41) is 5.57. The predicted octanol–water partition coefficient (Wildman–Crippen LogP) is 2.38. The lowest BCUT2D eigenvalue weighted by Gasteiger charge is -2.21. The van der Waals surface area contributed by atoms with Crippen LogP contribution in [0.4, 0.5) is 10.5 Å². The molecule has 2 N–H and O–H groups in total. The zero-order chi connectivity index (χ0) is 12.8. The minimum Gasteiger partial charge on any atom is -0.486 e. The fourth-order valence-corrected chi connectivity index (χ4v) is 1.72. The molecule has 5 nitrogen and oxygen atoms in total. The Balaban J connectivity index is 1.98. The highest BCUT2D eigenvalue weighted by atomic mass is 16.6. The van der Waals surface area contributed by atoms with Crippen molar-refractivity contribution in [2.75, 3.05) is 25.1 Å². The summed E-state index contributed by atoms with van der Waals surface area (Å²) in [7, 11) is 0. The third-order valence-electron chi connectivity index (χ3n) is 2.63. The van der Waals surface area contributed by atoms with E-state index in [4.69, 9.17) is 9.47 Å². The molecular weight excluding hydrogens is 232 g/mol. The number of rotatable bonds is 4. The second-order valence-electron chi connectivity index (χ2n) is 4.06. The molecule has 0 fully saturated rings. The molecule has 0 unspecified atom stereocenters. The van der Waals surface area contributed by atoms with Gasteiger partial charge in [-0.15, -0.1) is 0 Å². The molecule has 0 spiro atoms. The van der Waals surface area contributed by atoms with Crippen molar-refractivity contribution >= 4 is 11.7 Å². The summed E-state index contributed by atoms with van der Waals surface area (Å²) in [6, 6.07) is 5.24. The number of hydrogen-bond donors (Lipinski definition) is 2. The number of nitrogens with one attached hydrogen (secondary N) is 2. The van der Waals surface area contributed by atoms with Gasteiger partial charge in [-0.25, -0.2) is 4.79 Å². The standard InChI is InChI=1S/C13H18N2O3/c1-2-3-7-14-13(16)15-10-5-4-6-11-12(10)18-9-8-17-11/h4-6H,2-3,7-9H2,1H3,(H2,14,15,16). The Morgan fingerprint density at radius 2 is 2.17 bits per heavy atom. The van der Waals surface area contributed by atoms with Crippen molar-refractivity contribution in [1.82, 2.24) is 5.32 Å². The van der Waals surface area contributed by atoms with Crippen molar-refractivity contribution < 1.29 is 14.3 Å². The molecule has 0 radical (unpaired) electrons. The second-order valence-corrected chi connectivity index (χ2v) is 4.06. The zero-order valence-electron chi connectivity index (χ0n) is 10.5. The summed E-state index contributed by atoms with van der Waals surface area (Å²) in [5.41, 5.74) is 0.640. The number of amides is 2. The highest BCUT2D eigenvalue weighted by Crippen LogP contribution is 2.37. The molecule has 98 valence electrons. The summed E-state index contributed by atoms with van der Waals surface area (Å²) >= 11 is 0. The van der Waals surface area contributed by atoms with Crippen LogP contribution in [-0.2, 0) is 0 Å². The molecule has 0 aliphatic carbocycles. The number of urea groups is 1. The maximum absolute atomic E-state index is 11.7. The number of ether oxygens (including phenoxy) is 2. The van der Waals surface area contributed by atoms with E-state index in [0.717, 1.165) is 12.8 Å². The van der Waals surface area contributed by atoms with Crippen LogP contribution in [0.1, 0.15) is 19.8 Å². The van der Waals surface area contributed by atoms with Crippen LogP contribution in [0.2, 0.25) is 0 Å². The van der Waals surface area contributed by atoms with Gasteiger partial charge in [0.25, 0.3) is 0 Å². The third kappa shape index (κ3) is 3.06. The number of fused-ring (bicyclic) bond motifs is 1. The van der Waals surface area contributed by atoms with Crippen LogP contribution >= 0.6 is 0 Å². The first kappa shape index (κ1) is 12.5. The van der Waals surface area contributed by atoms with E-state index in [0.29, 0.717) is 36.9 Å². The number of anilines is 1. The number of unbranched alkanes of at least 4 members (excludes halogenated alkanes) is 1. The Kier molecular flexibility index (Phi) is 4.28. The molecule has 0 saturated heterocycles. The van der Waals surface area contributed by atoms with Gasteiger partial charge in [0.15, 0.2) is 11.5 Å². The molecule has 0 aromatic heterocycles. The second kappa shape index (κ2) is 6.14.